The summed E-state index contributed by atoms with van der Waals surface area (Å²) in [6, 6.07) is 15.6. The Morgan fingerprint density at radius 3 is 2.61 bits per heavy atom. The fourth-order valence-electron chi connectivity index (χ4n) is 4.16. The van der Waals surface area contributed by atoms with Gasteiger partial charge in [-0.25, -0.2) is 0 Å². The van der Waals surface area contributed by atoms with Gasteiger partial charge >= 0.3 is 6.36 Å². The number of halogens is 3. The van der Waals surface area contributed by atoms with Crippen LogP contribution in [0.25, 0.3) is 0 Å². The number of benzene rings is 2. The van der Waals surface area contributed by atoms with Gasteiger partial charge in [0.15, 0.2) is 0 Å². The van der Waals surface area contributed by atoms with Crippen molar-refractivity contribution in [2.45, 2.75) is 55.4 Å². The molecule has 0 bridgehead atoms. The minimum Gasteiger partial charge on any atom is -0.406 e. The molecule has 7 heteroatoms. The maximum absolute atomic E-state index is 12.2. The van der Waals surface area contributed by atoms with Crippen LogP contribution >= 0.6 is 11.9 Å². The first-order valence-corrected chi connectivity index (χ1v) is 10.4. The van der Waals surface area contributed by atoms with Gasteiger partial charge in [-0.1, -0.05) is 18.2 Å². The quantitative estimate of drug-likeness (QED) is 0.655. The van der Waals surface area contributed by atoms with Gasteiger partial charge in [-0.15, -0.1) is 13.2 Å². The van der Waals surface area contributed by atoms with Gasteiger partial charge in [0, 0.05) is 29.2 Å². The molecule has 2 aliphatic rings. The third kappa shape index (κ3) is 4.75. The van der Waals surface area contributed by atoms with E-state index in [2.05, 4.69) is 38.6 Å². The first-order chi connectivity index (χ1) is 13.5. The van der Waals surface area contributed by atoms with E-state index < -0.39 is 6.36 Å². The van der Waals surface area contributed by atoms with Crippen LogP contribution in [-0.2, 0) is 6.42 Å². The van der Waals surface area contributed by atoms with Crippen molar-refractivity contribution in [1.82, 2.24) is 4.72 Å². The fourth-order valence-corrected chi connectivity index (χ4v) is 4.95. The van der Waals surface area contributed by atoms with E-state index in [0.29, 0.717) is 12.1 Å². The second-order valence-electron chi connectivity index (χ2n) is 7.33. The van der Waals surface area contributed by atoms with Crippen molar-refractivity contribution in [3.8, 4) is 5.75 Å². The molecule has 1 N–H and O–H groups in total. The van der Waals surface area contributed by atoms with Crippen LogP contribution in [0.4, 0.5) is 18.9 Å². The lowest BCUT2D eigenvalue weighted by molar-refractivity contribution is -0.274. The van der Waals surface area contributed by atoms with Crippen LogP contribution < -0.4 is 14.4 Å². The van der Waals surface area contributed by atoms with Gasteiger partial charge in [0.2, 0.25) is 0 Å². The molecule has 3 nitrogen and oxygen atoms in total. The van der Waals surface area contributed by atoms with Crippen LogP contribution in [0, 0.1) is 0 Å². The van der Waals surface area contributed by atoms with Gasteiger partial charge in [-0.2, -0.15) is 0 Å². The minimum absolute atomic E-state index is 0.192. The molecule has 0 saturated heterocycles. The highest BCUT2D eigenvalue weighted by Crippen LogP contribution is 2.35. The summed E-state index contributed by atoms with van der Waals surface area (Å²) in [7, 11) is 0. The monoisotopic (exact) mass is 408 g/mol. The molecule has 2 atom stereocenters. The number of fused-ring (bicyclic) bond motifs is 1. The summed E-state index contributed by atoms with van der Waals surface area (Å²) in [4.78, 5) is 3.43. The minimum atomic E-state index is -4.65. The van der Waals surface area contributed by atoms with Gasteiger partial charge in [0.05, 0.1) is 0 Å². The lowest BCUT2D eigenvalue weighted by Gasteiger charge is -2.37. The van der Waals surface area contributed by atoms with Crippen molar-refractivity contribution >= 4 is 17.6 Å². The number of anilines is 1. The largest absolute Gasteiger partial charge is 0.573 e. The zero-order valence-corrected chi connectivity index (χ0v) is 16.2. The molecule has 0 spiro atoms. The molecule has 1 fully saturated rings. The summed E-state index contributed by atoms with van der Waals surface area (Å²) in [5, 5.41) is 0. The van der Waals surface area contributed by atoms with Crippen LogP contribution in [0.3, 0.4) is 0 Å². The first-order valence-electron chi connectivity index (χ1n) is 9.61. The van der Waals surface area contributed by atoms with Crippen LogP contribution in [0.1, 0.15) is 31.2 Å². The van der Waals surface area contributed by atoms with Crippen molar-refractivity contribution < 1.29 is 17.9 Å². The predicted molar refractivity (Wildman–Crippen MR) is 106 cm³/mol. The molecule has 1 heterocycles. The van der Waals surface area contributed by atoms with Crippen LogP contribution in [0.2, 0.25) is 0 Å². The van der Waals surface area contributed by atoms with Gasteiger partial charge < -0.3 is 9.64 Å². The van der Waals surface area contributed by atoms with E-state index in [4.69, 9.17) is 0 Å². The topological polar surface area (TPSA) is 24.5 Å². The Hall–Kier alpha value is -1.86. The summed E-state index contributed by atoms with van der Waals surface area (Å²) in [6.45, 7) is 1.09. The first kappa shape index (κ1) is 19.5. The molecule has 0 radical (unpaired) electrons. The molecule has 1 aliphatic carbocycles. The SMILES string of the molecule is FC(F)(F)Oc1ccc(SNC2CCCC(N3CCc4ccccc43)C2)cc1. The third-order valence-electron chi connectivity index (χ3n) is 5.41. The Morgan fingerprint density at radius 2 is 1.82 bits per heavy atom. The number of para-hydroxylation sites is 1. The number of rotatable bonds is 5. The lowest BCUT2D eigenvalue weighted by Crippen LogP contribution is -2.42. The van der Waals surface area contributed by atoms with E-state index in [1.165, 1.54) is 48.2 Å². The van der Waals surface area contributed by atoms with Crippen molar-refractivity contribution in [2.24, 2.45) is 0 Å². The zero-order valence-electron chi connectivity index (χ0n) is 15.4. The van der Waals surface area contributed by atoms with E-state index in [1.807, 2.05) is 0 Å². The Labute approximate surface area is 167 Å². The van der Waals surface area contributed by atoms with Crippen LogP contribution in [0.5, 0.6) is 5.75 Å². The number of nitrogens with one attached hydrogen (secondary N) is 1. The summed E-state index contributed by atoms with van der Waals surface area (Å²) >= 11 is 1.48. The molecule has 4 rings (SSSR count). The Morgan fingerprint density at radius 1 is 1.04 bits per heavy atom. The molecule has 0 amide bonds. The maximum Gasteiger partial charge on any atom is 0.573 e. The lowest BCUT2D eigenvalue weighted by atomic mass is 9.90. The summed E-state index contributed by atoms with van der Waals surface area (Å²) < 4.78 is 44.2. The number of nitrogens with zero attached hydrogens (tertiary/aromatic N) is 1. The molecule has 0 aromatic heterocycles. The smallest absolute Gasteiger partial charge is 0.406 e. The molecule has 2 aromatic carbocycles. The fraction of sp³-hybridized carbons (Fsp3) is 0.429. The molecule has 28 heavy (non-hydrogen) atoms. The van der Waals surface area contributed by atoms with Crippen molar-refractivity contribution in [2.75, 3.05) is 11.4 Å². The highest BCUT2D eigenvalue weighted by atomic mass is 32.2. The molecular weight excluding hydrogens is 385 g/mol. The average molecular weight is 408 g/mol. The number of ether oxygens (including phenoxy) is 1. The molecule has 2 unspecified atom stereocenters. The number of alkyl halides is 3. The standard InChI is InChI=1S/C21H23F3N2OS/c22-21(23,24)27-18-8-10-19(11-9-18)28-25-16-5-3-6-17(14-16)26-13-12-15-4-1-2-7-20(15)26/h1-2,4,7-11,16-17,25H,3,5-6,12-14H2. The Bertz CT molecular complexity index is 797. The summed E-state index contributed by atoms with van der Waals surface area (Å²) in [5.41, 5.74) is 2.81. The maximum atomic E-state index is 12.2. The Kier molecular flexibility index (Phi) is 5.73. The van der Waals surface area contributed by atoms with Crippen molar-refractivity contribution in [3.05, 3.63) is 54.1 Å². The van der Waals surface area contributed by atoms with Crippen LogP contribution in [-0.4, -0.2) is 25.0 Å². The van der Waals surface area contributed by atoms with E-state index in [0.717, 1.165) is 30.7 Å². The zero-order chi connectivity index (χ0) is 19.6. The highest BCUT2D eigenvalue weighted by molar-refractivity contribution is 7.97. The Balaban J connectivity index is 1.31. The molecule has 1 saturated carbocycles. The van der Waals surface area contributed by atoms with E-state index in [1.54, 1.807) is 12.1 Å². The molecule has 1 aliphatic heterocycles. The molecule has 2 aromatic rings. The van der Waals surface area contributed by atoms with E-state index in [9.17, 15) is 13.2 Å². The van der Waals surface area contributed by atoms with Crippen LogP contribution in [0.15, 0.2) is 53.4 Å². The van der Waals surface area contributed by atoms with Gasteiger partial charge in [0.1, 0.15) is 5.75 Å². The predicted octanol–water partition coefficient (Wildman–Crippen LogP) is 5.56. The second-order valence-corrected chi connectivity index (χ2v) is 8.24. The molecule has 150 valence electrons. The third-order valence-corrected chi connectivity index (χ3v) is 6.37. The summed E-state index contributed by atoms with van der Waals surface area (Å²) in [6.07, 6.45) is 1.05. The summed E-state index contributed by atoms with van der Waals surface area (Å²) in [5.74, 6) is -0.192. The van der Waals surface area contributed by atoms with Gasteiger partial charge in [-0.3, -0.25) is 4.72 Å². The average Bonchev–Trinajstić information content (AvgIpc) is 3.11. The van der Waals surface area contributed by atoms with Gasteiger partial charge in [0.25, 0.3) is 0 Å². The number of hydrogen-bond donors (Lipinski definition) is 1. The van der Waals surface area contributed by atoms with E-state index >= 15 is 0 Å². The normalized spacial score (nSPS) is 22.2. The van der Waals surface area contributed by atoms with Crippen molar-refractivity contribution in [3.63, 3.8) is 0 Å². The highest BCUT2D eigenvalue weighted by Gasteiger charge is 2.31. The molecular formula is C21H23F3N2OS. The number of hydrogen-bond acceptors (Lipinski definition) is 4. The second kappa shape index (κ2) is 8.25. The van der Waals surface area contributed by atoms with Crippen molar-refractivity contribution in [1.29, 1.82) is 0 Å². The van der Waals surface area contributed by atoms with E-state index in [-0.39, 0.29) is 5.75 Å². The van der Waals surface area contributed by atoms with Gasteiger partial charge in [-0.05, 0) is 79.9 Å².